The van der Waals surface area contributed by atoms with Crippen LogP contribution in [0.1, 0.15) is 46.8 Å². The fraction of sp³-hybridized carbons (Fsp3) is 0.545. The van der Waals surface area contributed by atoms with Gasteiger partial charge >= 0.3 is 0 Å². The van der Waals surface area contributed by atoms with E-state index in [0.29, 0.717) is 6.04 Å². The molecule has 0 spiro atoms. The van der Waals surface area contributed by atoms with Crippen molar-refractivity contribution in [3.63, 3.8) is 0 Å². The van der Waals surface area contributed by atoms with Crippen LogP contribution in [0.4, 0.5) is 0 Å². The maximum absolute atomic E-state index is 4.93. The number of benzene rings is 1. The average Bonchev–Trinajstić information content (AvgIpc) is 3.35. The number of nitrogens with one attached hydrogen (secondary N) is 2. The van der Waals surface area contributed by atoms with Crippen LogP contribution in [0.2, 0.25) is 0 Å². The molecule has 28 heavy (non-hydrogen) atoms. The summed E-state index contributed by atoms with van der Waals surface area (Å²) >= 11 is 1.77. The highest BCUT2D eigenvalue weighted by Gasteiger charge is 2.23. The van der Waals surface area contributed by atoms with Crippen LogP contribution in [0, 0.1) is 13.8 Å². The summed E-state index contributed by atoms with van der Waals surface area (Å²) in [5, 5.41) is 8.03. The molecule has 2 N–H and O–H groups in total. The number of hydrogen-bond acceptors (Lipinski definition) is 4. The highest BCUT2D eigenvalue weighted by atomic mass is 32.1. The molecule has 0 saturated carbocycles. The predicted octanol–water partition coefficient (Wildman–Crippen LogP) is 3.69. The van der Waals surface area contributed by atoms with Gasteiger partial charge in [0.1, 0.15) is 0 Å². The van der Waals surface area contributed by atoms with Gasteiger partial charge in [0.15, 0.2) is 5.96 Å². The quantitative estimate of drug-likeness (QED) is 0.525. The van der Waals surface area contributed by atoms with Crippen LogP contribution in [0.5, 0.6) is 0 Å². The summed E-state index contributed by atoms with van der Waals surface area (Å²) in [6.07, 6.45) is 5.45. The number of nitrogens with zero attached hydrogens (tertiary/aromatic N) is 3. The first kappa shape index (κ1) is 20.8. The number of hydrogen-bond donors (Lipinski definition) is 2. The number of aryl methyl sites for hydroxylation is 2. The zero-order valence-electron chi connectivity index (χ0n) is 17.4. The van der Waals surface area contributed by atoms with Crippen molar-refractivity contribution in [1.29, 1.82) is 0 Å². The first-order chi connectivity index (χ1) is 13.7. The van der Waals surface area contributed by atoms with E-state index in [0.717, 1.165) is 32.0 Å². The third kappa shape index (κ3) is 6.04. The van der Waals surface area contributed by atoms with E-state index < -0.39 is 0 Å². The molecule has 0 aliphatic carbocycles. The number of likely N-dealkylation sites (tertiary alicyclic amines) is 1. The molecule has 1 aromatic heterocycles. The molecular formula is C22H33N5S. The van der Waals surface area contributed by atoms with Gasteiger partial charge in [-0.25, -0.2) is 4.98 Å². The summed E-state index contributed by atoms with van der Waals surface area (Å²) in [4.78, 5) is 13.2. The van der Waals surface area contributed by atoms with Crippen LogP contribution in [-0.2, 0) is 6.42 Å². The van der Waals surface area contributed by atoms with Gasteiger partial charge in [-0.1, -0.05) is 29.8 Å². The maximum atomic E-state index is 4.93. The normalized spacial score (nSPS) is 16.3. The van der Waals surface area contributed by atoms with Gasteiger partial charge in [0, 0.05) is 30.6 Å². The fourth-order valence-electron chi connectivity index (χ4n) is 3.60. The van der Waals surface area contributed by atoms with E-state index in [9.17, 15) is 0 Å². The monoisotopic (exact) mass is 399 g/mol. The van der Waals surface area contributed by atoms with Gasteiger partial charge in [-0.05, 0) is 52.3 Å². The van der Waals surface area contributed by atoms with Crippen molar-refractivity contribution in [3.05, 3.63) is 51.5 Å². The standard InChI is InChI=1S/C22H33N5S/c1-4-23-22(24-12-11-21-25-15-18(3)28-21)26-16-20(27-13-5-6-14-27)19-9-7-17(2)8-10-19/h7-10,15,20H,4-6,11-14,16H2,1-3H3,(H2,23,24,26). The van der Waals surface area contributed by atoms with Crippen molar-refractivity contribution < 1.29 is 0 Å². The first-order valence-electron chi connectivity index (χ1n) is 10.4. The van der Waals surface area contributed by atoms with Gasteiger partial charge in [-0.2, -0.15) is 0 Å². The molecule has 0 bridgehead atoms. The summed E-state index contributed by atoms with van der Waals surface area (Å²) in [5.41, 5.74) is 2.67. The lowest BCUT2D eigenvalue weighted by atomic mass is 10.0. The lowest BCUT2D eigenvalue weighted by Gasteiger charge is -2.27. The molecule has 1 fully saturated rings. The van der Waals surface area contributed by atoms with Crippen molar-refractivity contribution >= 4 is 17.3 Å². The van der Waals surface area contributed by atoms with Crippen molar-refractivity contribution in [1.82, 2.24) is 20.5 Å². The average molecular weight is 400 g/mol. The van der Waals surface area contributed by atoms with Crippen LogP contribution in [0.15, 0.2) is 35.5 Å². The lowest BCUT2D eigenvalue weighted by Crippen LogP contribution is -2.39. The third-order valence-corrected chi connectivity index (χ3v) is 6.08. The van der Waals surface area contributed by atoms with E-state index in [-0.39, 0.29) is 0 Å². The molecular weight excluding hydrogens is 366 g/mol. The molecule has 2 heterocycles. The Morgan fingerprint density at radius 3 is 2.57 bits per heavy atom. The molecule has 1 aliphatic heterocycles. The second kappa shape index (κ2) is 10.6. The number of rotatable bonds is 8. The lowest BCUT2D eigenvalue weighted by molar-refractivity contribution is 0.251. The van der Waals surface area contributed by atoms with Crippen LogP contribution < -0.4 is 10.6 Å². The SMILES string of the molecule is CCNC(=NCC(c1ccc(C)cc1)N1CCCC1)NCCc1ncc(C)s1. The van der Waals surface area contributed by atoms with Crippen LogP contribution >= 0.6 is 11.3 Å². The molecule has 0 radical (unpaired) electrons. The molecule has 1 aliphatic rings. The number of aliphatic imine (C=N–C) groups is 1. The van der Waals surface area contributed by atoms with Crippen molar-refractivity contribution in [2.75, 3.05) is 32.7 Å². The second-order valence-corrected chi connectivity index (χ2v) is 8.75. The minimum Gasteiger partial charge on any atom is -0.357 e. The van der Waals surface area contributed by atoms with Gasteiger partial charge < -0.3 is 10.6 Å². The summed E-state index contributed by atoms with van der Waals surface area (Å²) in [5.74, 6) is 0.895. The van der Waals surface area contributed by atoms with Gasteiger partial charge in [-0.3, -0.25) is 9.89 Å². The van der Waals surface area contributed by atoms with E-state index >= 15 is 0 Å². The molecule has 152 valence electrons. The van der Waals surface area contributed by atoms with Crippen molar-refractivity contribution in [2.24, 2.45) is 4.99 Å². The van der Waals surface area contributed by atoms with Gasteiger partial charge in [0.25, 0.3) is 0 Å². The van der Waals surface area contributed by atoms with E-state index in [4.69, 9.17) is 4.99 Å². The molecule has 2 aromatic rings. The van der Waals surface area contributed by atoms with Crippen LogP contribution in [0.25, 0.3) is 0 Å². The molecule has 1 unspecified atom stereocenters. The van der Waals surface area contributed by atoms with Gasteiger partial charge in [0.05, 0.1) is 17.6 Å². The summed E-state index contributed by atoms with van der Waals surface area (Å²) in [7, 11) is 0. The Kier molecular flexibility index (Phi) is 7.86. The topological polar surface area (TPSA) is 52.6 Å². The third-order valence-electron chi connectivity index (χ3n) is 5.11. The van der Waals surface area contributed by atoms with E-state index in [1.165, 1.54) is 46.9 Å². The van der Waals surface area contributed by atoms with Gasteiger partial charge in [-0.15, -0.1) is 11.3 Å². The Morgan fingerprint density at radius 1 is 1.18 bits per heavy atom. The minimum absolute atomic E-state index is 0.347. The van der Waals surface area contributed by atoms with Crippen LogP contribution in [0.3, 0.4) is 0 Å². The van der Waals surface area contributed by atoms with E-state index in [1.54, 1.807) is 11.3 Å². The van der Waals surface area contributed by atoms with Crippen LogP contribution in [-0.4, -0.2) is 48.6 Å². The Labute approximate surface area is 173 Å². The molecule has 3 rings (SSSR count). The summed E-state index contributed by atoms with van der Waals surface area (Å²) in [6, 6.07) is 9.29. The summed E-state index contributed by atoms with van der Waals surface area (Å²) in [6.45, 7) is 11.2. The van der Waals surface area contributed by atoms with Crippen molar-refractivity contribution in [2.45, 2.75) is 46.1 Å². The molecule has 1 saturated heterocycles. The number of guanidine groups is 1. The molecule has 1 aromatic carbocycles. The molecule has 0 amide bonds. The Hall–Kier alpha value is -1.92. The van der Waals surface area contributed by atoms with Gasteiger partial charge in [0.2, 0.25) is 0 Å². The molecule has 1 atom stereocenters. The second-order valence-electron chi connectivity index (χ2n) is 7.43. The maximum Gasteiger partial charge on any atom is 0.191 e. The Balaban J connectivity index is 1.63. The van der Waals surface area contributed by atoms with E-state index in [2.05, 4.69) is 65.6 Å². The largest absolute Gasteiger partial charge is 0.357 e. The zero-order chi connectivity index (χ0) is 19.8. The molecule has 6 heteroatoms. The smallest absolute Gasteiger partial charge is 0.191 e. The number of aromatic nitrogens is 1. The molecule has 5 nitrogen and oxygen atoms in total. The van der Waals surface area contributed by atoms with E-state index in [1.807, 2.05) is 6.20 Å². The minimum atomic E-state index is 0.347. The Morgan fingerprint density at radius 2 is 1.93 bits per heavy atom. The number of thiazole rings is 1. The highest BCUT2D eigenvalue weighted by Crippen LogP contribution is 2.25. The zero-order valence-corrected chi connectivity index (χ0v) is 18.2. The predicted molar refractivity (Wildman–Crippen MR) is 119 cm³/mol. The fourth-order valence-corrected chi connectivity index (χ4v) is 4.38. The summed E-state index contributed by atoms with van der Waals surface area (Å²) < 4.78 is 0. The Bertz CT molecular complexity index is 747. The highest BCUT2D eigenvalue weighted by molar-refractivity contribution is 7.11. The van der Waals surface area contributed by atoms with Crippen molar-refractivity contribution in [3.8, 4) is 0 Å². The first-order valence-corrected chi connectivity index (χ1v) is 11.2.